The van der Waals surface area contributed by atoms with E-state index in [-0.39, 0.29) is 24.3 Å². The van der Waals surface area contributed by atoms with E-state index < -0.39 is 6.04 Å². The van der Waals surface area contributed by atoms with Crippen molar-refractivity contribution in [1.29, 1.82) is 0 Å². The third-order valence-corrected chi connectivity index (χ3v) is 6.27. The first-order valence-corrected chi connectivity index (χ1v) is 11.7. The number of thiocarbonyl (C=S) groups is 1. The van der Waals surface area contributed by atoms with Gasteiger partial charge in [0.15, 0.2) is 5.11 Å². The van der Waals surface area contributed by atoms with Crippen molar-refractivity contribution in [3.63, 3.8) is 0 Å². The van der Waals surface area contributed by atoms with E-state index in [9.17, 15) is 9.59 Å². The summed E-state index contributed by atoms with van der Waals surface area (Å²) in [6.45, 7) is 2.68. The van der Waals surface area contributed by atoms with E-state index >= 15 is 0 Å². The molecular weight excluding hydrogens is 462 g/mol. The molecule has 1 saturated carbocycles. The Morgan fingerprint density at radius 1 is 1.21 bits per heavy atom. The molecule has 0 radical (unpaired) electrons. The van der Waals surface area contributed by atoms with E-state index in [0.717, 1.165) is 25.0 Å². The second-order valence-electron chi connectivity index (χ2n) is 8.05. The Balaban J connectivity index is 1.48. The maximum atomic E-state index is 13.4. The summed E-state index contributed by atoms with van der Waals surface area (Å²) in [6, 6.07) is 11.8. The van der Waals surface area contributed by atoms with Crippen molar-refractivity contribution in [2.45, 2.75) is 44.7 Å². The lowest BCUT2D eigenvalue weighted by molar-refractivity contribution is -0.124. The van der Waals surface area contributed by atoms with Gasteiger partial charge in [0, 0.05) is 11.7 Å². The molecule has 1 aliphatic heterocycles. The highest BCUT2D eigenvalue weighted by molar-refractivity contribution is 7.80. The van der Waals surface area contributed by atoms with Crippen LogP contribution in [0, 0.1) is 0 Å². The van der Waals surface area contributed by atoms with Crippen LogP contribution in [0.2, 0.25) is 5.02 Å². The minimum absolute atomic E-state index is 0.00391. The molecule has 0 aromatic heterocycles. The van der Waals surface area contributed by atoms with Crippen LogP contribution in [0.5, 0.6) is 11.5 Å². The number of hydrogen-bond acceptors (Lipinski definition) is 5. The van der Waals surface area contributed by atoms with Crippen LogP contribution in [-0.4, -0.2) is 47.6 Å². The first-order chi connectivity index (χ1) is 15.9. The second-order valence-corrected chi connectivity index (χ2v) is 8.83. The molecule has 2 aliphatic rings. The molecule has 0 spiro atoms. The maximum absolute atomic E-state index is 13.4. The molecule has 1 saturated heterocycles. The molecule has 4 rings (SSSR count). The van der Waals surface area contributed by atoms with Crippen molar-refractivity contribution in [3.05, 3.63) is 47.5 Å². The number of halogens is 1. The Hall–Kier alpha value is -2.84. The Morgan fingerprint density at radius 3 is 2.55 bits per heavy atom. The van der Waals surface area contributed by atoms with Crippen LogP contribution in [0.4, 0.5) is 11.4 Å². The van der Waals surface area contributed by atoms with Crippen LogP contribution < -0.4 is 19.7 Å². The predicted molar refractivity (Wildman–Crippen MR) is 132 cm³/mol. The average molecular weight is 488 g/mol. The lowest BCUT2D eigenvalue weighted by atomic mass is 10.1. The molecule has 33 heavy (non-hydrogen) atoms. The summed E-state index contributed by atoms with van der Waals surface area (Å²) >= 11 is 11.9. The summed E-state index contributed by atoms with van der Waals surface area (Å²) in [4.78, 5) is 29.6. The summed E-state index contributed by atoms with van der Waals surface area (Å²) in [5, 5.41) is 3.66. The topological polar surface area (TPSA) is 71.1 Å². The van der Waals surface area contributed by atoms with Crippen molar-refractivity contribution in [1.82, 2.24) is 4.90 Å². The molecule has 9 heteroatoms. The number of carbonyl (C=O) groups excluding carboxylic acids is 2. The first-order valence-electron chi connectivity index (χ1n) is 11.0. The lowest BCUT2D eigenvalue weighted by Crippen LogP contribution is -2.39. The van der Waals surface area contributed by atoms with Crippen LogP contribution in [0.1, 0.15) is 32.6 Å². The van der Waals surface area contributed by atoms with Gasteiger partial charge in [-0.05, 0) is 73.9 Å². The van der Waals surface area contributed by atoms with Gasteiger partial charge < -0.3 is 19.7 Å². The lowest BCUT2D eigenvalue weighted by Gasteiger charge is -2.23. The van der Waals surface area contributed by atoms with Gasteiger partial charge in [0.2, 0.25) is 5.91 Å². The molecule has 2 amide bonds. The summed E-state index contributed by atoms with van der Waals surface area (Å²) in [5.41, 5.74) is 1.21. The summed E-state index contributed by atoms with van der Waals surface area (Å²) in [6.07, 6.45) is 2.82. The van der Waals surface area contributed by atoms with Gasteiger partial charge in [0.1, 0.15) is 17.5 Å². The van der Waals surface area contributed by atoms with Gasteiger partial charge in [-0.15, -0.1) is 0 Å². The Morgan fingerprint density at radius 2 is 1.94 bits per heavy atom. The fourth-order valence-corrected chi connectivity index (χ4v) is 4.56. The van der Waals surface area contributed by atoms with Gasteiger partial charge in [-0.2, -0.15) is 0 Å². The van der Waals surface area contributed by atoms with E-state index in [4.69, 9.17) is 33.3 Å². The number of hydrogen-bond donors (Lipinski definition) is 1. The van der Waals surface area contributed by atoms with E-state index in [1.54, 1.807) is 30.3 Å². The van der Waals surface area contributed by atoms with Gasteiger partial charge in [0.05, 0.1) is 30.8 Å². The van der Waals surface area contributed by atoms with E-state index in [2.05, 4.69) is 5.32 Å². The molecule has 1 atom stereocenters. The van der Waals surface area contributed by atoms with Crippen LogP contribution >= 0.6 is 23.8 Å². The van der Waals surface area contributed by atoms with Gasteiger partial charge in [-0.1, -0.05) is 18.5 Å². The number of benzene rings is 2. The van der Waals surface area contributed by atoms with E-state index in [1.165, 1.54) is 12.0 Å². The van der Waals surface area contributed by atoms with Crippen molar-refractivity contribution in [2.24, 2.45) is 0 Å². The number of carbonyl (C=O) groups is 2. The van der Waals surface area contributed by atoms with Crippen LogP contribution in [0.15, 0.2) is 42.5 Å². The molecule has 0 bridgehead atoms. The minimum Gasteiger partial charge on any atom is -0.495 e. The number of rotatable bonds is 9. The van der Waals surface area contributed by atoms with Gasteiger partial charge in [0.25, 0.3) is 5.91 Å². The molecule has 1 N–H and O–H groups in total. The quantitative estimate of drug-likeness (QED) is 0.520. The minimum atomic E-state index is -0.655. The average Bonchev–Trinajstić information content (AvgIpc) is 3.60. The van der Waals surface area contributed by atoms with Crippen molar-refractivity contribution in [2.75, 3.05) is 23.9 Å². The summed E-state index contributed by atoms with van der Waals surface area (Å²) in [7, 11) is 1.53. The highest BCUT2D eigenvalue weighted by Gasteiger charge is 2.49. The number of methoxy groups -OCH3 is 1. The SMILES string of the molecule is CCCOc1ccc(NC(=O)CC2C(=O)N(c3ccc(OC)c(Cl)c3)C(=S)N2C2CC2)cc1. The monoisotopic (exact) mass is 487 g/mol. The highest BCUT2D eigenvalue weighted by atomic mass is 35.5. The van der Waals surface area contributed by atoms with E-state index in [1.807, 2.05) is 24.0 Å². The maximum Gasteiger partial charge on any atom is 0.256 e. The Bertz CT molecular complexity index is 1060. The molecule has 174 valence electrons. The predicted octanol–water partition coefficient (Wildman–Crippen LogP) is 4.63. The van der Waals surface area contributed by atoms with Crippen molar-refractivity contribution >= 4 is 52.1 Å². The third-order valence-electron chi connectivity index (χ3n) is 5.58. The molecule has 7 nitrogen and oxygen atoms in total. The largest absolute Gasteiger partial charge is 0.495 e. The molecule has 2 fully saturated rings. The number of nitrogens with one attached hydrogen (secondary N) is 1. The van der Waals surface area contributed by atoms with Gasteiger partial charge >= 0.3 is 0 Å². The van der Waals surface area contributed by atoms with Crippen LogP contribution in [0.3, 0.4) is 0 Å². The van der Waals surface area contributed by atoms with Gasteiger partial charge in [-0.25, -0.2) is 0 Å². The molecule has 1 aliphatic carbocycles. The zero-order valence-electron chi connectivity index (χ0n) is 18.5. The van der Waals surface area contributed by atoms with Crippen LogP contribution in [-0.2, 0) is 9.59 Å². The molecular formula is C24H26ClN3O4S. The zero-order valence-corrected chi connectivity index (χ0v) is 20.1. The molecule has 1 heterocycles. The summed E-state index contributed by atoms with van der Waals surface area (Å²) in [5.74, 6) is 0.782. The first kappa shape index (κ1) is 23.3. The Kier molecular flexibility index (Phi) is 7.05. The van der Waals surface area contributed by atoms with Crippen LogP contribution in [0.25, 0.3) is 0 Å². The molecule has 2 aromatic carbocycles. The number of amides is 2. The Labute approximate surface area is 203 Å². The van der Waals surface area contributed by atoms with E-state index in [0.29, 0.717) is 33.9 Å². The smallest absolute Gasteiger partial charge is 0.256 e. The zero-order chi connectivity index (χ0) is 23.5. The third kappa shape index (κ3) is 5.07. The molecule has 2 aromatic rings. The number of anilines is 2. The highest BCUT2D eigenvalue weighted by Crippen LogP contribution is 2.38. The number of ether oxygens (including phenoxy) is 2. The normalized spacial score (nSPS) is 18.0. The van der Waals surface area contributed by atoms with Crippen molar-refractivity contribution in [3.8, 4) is 11.5 Å². The fourth-order valence-electron chi connectivity index (χ4n) is 3.83. The molecule has 1 unspecified atom stereocenters. The summed E-state index contributed by atoms with van der Waals surface area (Å²) < 4.78 is 10.8. The standard InChI is InChI=1S/C24H26ClN3O4S/c1-3-12-32-18-9-4-15(5-10-18)26-22(29)14-20-23(30)28(24(33)27(20)16-6-7-16)17-8-11-21(31-2)19(25)13-17/h4-5,8-11,13,16,20H,3,6-7,12,14H2,1-2H3,(H,26,29). The van der Waals surface area contributed by atoms with Crippen molar-refractivity contribution < 1.29 is 19.1 Å². The van der Waals surface area contributed by atoms with Gasteiger partial charge in [-0.3, -0.25) is 14.5 Å². The second kappa shape index (κ2) is 9.97. The fraction of sp³-hybridized carbons (Fsp3) is 0.375. The number of nitrogens with zero attached hydrogens (tertiary/aromatic N) is 2.